The molecule has 0 N–H and O–H groups in total. The van der Waals surface area contributed by atoms with Gasteiger partial charge in [0.25, 0.3) is 0 Å². The van der Waals surface area contributed by atoms with Crippen molar-refractivity contribution in [3.63, 3.8) is 0 Å². The largest absolute Gasteiger partial charge is 0.357 e. The molecule has 1 aliphatic rings. The Morgan fingerprint density at radius 3 is 2.73 bits per heavy atom. The van der Waals surface area contributed by atoms with Crippen LogP contribution in [0.25, 0.3) is 0 Å². The Labute approximate surface area is 93.5 Å². The second kappa shape index (κ2) is 4.59. The first kappa shape index (κ1) is 10.4. The lowest BCUT2D eigenvalue weighted by Gasteiger charge is -2.11. The SMILES string of the molecule is CC1COCN1N=Nc1ccc(Cl)cc1. The van der Waals surface area contributed by atoms with Crippen molar-refractivity contribution < 1.29 is 4.74 Å². The van der Waals surface area contributed by atoms with Crippen molar-refractivity contribution in [2.45, 2.75) is 13.0 Å². The van der Waals surface area contributed by atoms with Crippen LogP contribution in [0.5, 0.6) is 0 Å². The number of hydrogen-bond acceptors (Lipinski definition) is 3. The maximum Gasteiger partial charge on any atom is 0.137 e. The smallest absolute Gasteiger partial charge is 0.137 e. The number of rotatable bonds is 2. The molecule has 1 unspecified atom stereocenters. The van der Waals surface area contributed by atoms with E-state index in [0.29, 0.717) is 24.4 Å². The van der Waals surface area contributed by atoms with Crippen molar-refractivity contribution in [3.05, 3.63) is 29.3 Å². The molecule has 0 aromatic heterocycles. The van der Waals surface area contributed by atoms with Crippen LogP contribution in [0.4, 0.5) is 5.69 Å². The van der Waals surface area contributed by atoms with Gasteiger partial charge in [-0.1, -0.05) is 16.8 Å². The van der Waals surface area contributed by atoms with E-state index in [-0.39, 0.29) is 0 Å². The van der Waals surface area contributed by atoms with Gasteiger partial charge in [0.15, 0.2) is 0 Å². The molecule has 1 aromatic rings. The van der Waals surface area contributed by atoms with Gasteiger partial charge in [0, 0.05) is 5.02 Å². The van der Waals surface area contributed by atoms with E-state index in [9.17, 15) is 0 Å². The number of hydrogen-bond donors (Lipinski definition) is 0. The van der Waals surface area contributed by atoms with Gasteiger partial charge in [0.1, 0.15) is 6.73 Å². The quantitative estimate of drug-likeness (QED) is 0.726. The van der Waals surface area contributed by atoms with E-state index in [2.05, 4.69) is 10.3 Å². The summed E-state index contributed by atoms with van der Waals surface area (Å²) in [7, 11) is 0. The first-order chi connectivity index (χ1) is 7.25. The molecule has 1 atom stereocenters. The van der Waals surface area contributed by atoms with Gasteiger partial charge < -0.3 is 4.74 Å². The minimum Gasteiger partial charge on any atom is -0.357 e. The second-order valence-electron chi connectivity index (χ2n) is 3.45. The van der Waals surface area contributed by atoms with Crippen LogP contribution < -0.4 is 0 Å². The summed E-state index contributed by atoms with van der Waals surface area (Å²) in [6, 6.07) is 7.53. The average molecular weight is 226 g/mol. The zero-order valence-corrected chi connectivity index (χ0v) is 9.18. The highest BCUT2D eigenvalue weighted by Crippen LogP contribution is 2.18. The van der Waals surface area contributed by atoms with Gasteiger partial charge >= 0.3 is 0 Å². The van der Waals surface area contributed by atoms with Crippen LogP contribution in [0.2, 0.25) is 5.02 Å². The summed E-state index contributed by atoms with van der Waals surface area (Å²) in [6.45, 7) is 3.27. The number of halogens is 1. The Morgan fingerprint density at radius 2 is 2.13 bits per heavy atom. The lowest BCUT2D eigenvalue weighted by molar-refractivity contribution is 0.136. The van der Waals surface area contributed by atoms with Crippen LogP contribution in [-0.2, 0) is 4.74 Å². The molecular formula is C10H12ClN3O. The van der Waals surface area contributed by atoms with Gasteiger partial charge in [-0.3, -0.25) is 0 Å². The maximum absolute atomic E-state index is 5.76. The summed E-state index contributed by atoms with van der Waals surface area (Å²) >= 11 is 5.76. The van der Waals surface area contributed by atoms with E-state index in [1.807, 2.05) is 24.1 Å². The van der Waals surface area contributed by atoms with Crippen molar-refractivity contribution in [2.75, 3.05) is 13.3 Å². The summed E-state index contributed by atoms with van der Waals surface area (Å²) in [5.74, 6) is 0. The summed E-state index contributed by atoms with van der Waals surface area (Å²) in [5, 5.41) is 10.7. The molecule has 1 saturated heterocycles. The molecule has 1 heterocycles. The van der Waals surface area contributed by atoms with Crippen LogP contribution in [0.3, 0.4) is 0 Å². The first-order valence-corrected chi connectivity index (χ1v) is 5.15. The van der Waals surface area contributed by atoms with Crippen molar-refractivity contribution in [3.8, 4) is 0 Å². The molecule has 0 aliphatic carbocycles. The number of nitrogens with zero attached hydrogens (tertiary/aromatic N) is 3. The van der Waals surface area contributed by atoms with Gasteiger partial charge in [0.05, 0.1) is 18.3 Å². The highest BCUT2D eigenvalue weighted by molar-refractivity contribution is 6.30. The standard InChI is InChI=1S/C10H12ClN3O/c1-8-6-15-7-14(8)13-12-10-4-2-9(11)3-5-10/h2-5,8H,6-7H2,1H3. The Hall–Kier alpha value is -1.13. The fourth-order valence-electron chi connectivity index (χ4n) is 1.26. The van der Waals surface area contributed by atoms with Crippen LogP contribution in [0, 0.1) is 0 Å². The normalized spacial score (nSPS) is 21.5. The second-order valence-corrected chi connectivity index (χ2v) is 3.89. The number of ether oxygens (including phenoxy) is 1. The highest BCUT2D eigenvalue weighted by atomic mass is 35.5. The topological polar surface area (TPSA) is 37.2 Å². The molecule has 0 bridgehead atoms. The molecular weight excluding hydrogens is 214 g/mol. The van der Waals surface area contributed by atoms with E-state index in [0.717, 1.165) is 5.69 Å². The Balaban J connectivity index is 2.01. The predicted molar refractivity (Wildman–Crippen MR) is 58.1 cm³/mol. The Morgan fingerprint density at radius 1 is 1.40 bits per heavy atom. The summed E-state index contributed by atoms with van der Waals surface area (Å²) < 4.78 is 5.23. The molecule has 0 saturated carbocycles. The van der Waals surface area contributed by atoms with Crippen LogP contribution >= 0.6 is 11.6 Å². The van der Waals surface area contributed by atoms with E-state index >= 15 is 0 Å². The average Bonchev–Trinajstić information content (AvgIpc) is 2.63. The van der Waals surface area contributed by atoms with Gasteiger partial charge in [0.2, 0.25) is 0 Å². The maximum atomic E-state index is 5.76. The van der Waals surface area contributed by atoms with E-state index in [4.69, 9.17) is 16.3 Å². The zero-order chi connectivity index (χ0) is 10.7. The monoisotopic (exact) mass is 225 g/mol. The van der Waals surface area contributed by atoms with Gasteiger partial charge in [-0.15, -0.1) is 5.11 Å². The van der Waals surface area contributed by atoms with Crippen molar-refractivity contribution in [2.24, 2.45) is 10.3 Å². The molecule has 1 fully saturated rings. The van der Waals surface area contributed by atoms with Crippen LogP contribution in [0.1, 0.15) is 6.92 Å². The van der Waals surface area contributed by atoms with Gasteiger partial charge in [-0.05, 0) is 31.2 Å². The summed E-state index contributed by atoms with van der Waals surface area (Å²) in [6.07, 6.45) is 0. The Kier molecular flexibility index (Phi) is 3.18. The third-order valence-electron chi connectivity index (χ3n) is 2.19. The molecule has 80 valence electrons. The minimum absolute atomic E-state index is 0.293. The zero-order valence-electron chi connectivity index (χ0n) is 8.43. The van der Waals surface area contributed by atoms with Crippen LogP contribution in [-0.4, -0.2) is 24.4 Å². The summed E-state index contributed by atoms with van der Waals surface area (Å²) in [4.78, 5) is 0. The van der Waals surface area contributed by atoms with Crippen molar-refractivity contribution in [1.29, 1.82) is 0 Å². The molecule has 5 heteroatoms. The molecule has 0 spiro atoms. The molecule has 0 amide bonds. The minimum atomic E-state index is 0.293. The highest BCUT2D eigenvalue weighted by Gasteiger charge is 2.18. The van der Waals surface area contributed by atoms with E-state index in [1.54, 1.807) is 12.1 Å². The van der Waals surface area contributed by atoms with E-state index in [1.165, 1.54) is 0 Å². The van der Waals surface area contributed by atoms with Gasteiger partial charge in [-0.2, -0.15) is 0 Å². The van der Waals surface area contributed by atoms with Crippen molar-refractivity contribution >= 4 is 17.3 Å². The third-order valence-corrected chi connectivity index (χ3v) is 2.45. The third kappa shape index (κ3) is 2.67. The molecule has 0 radical (unpaired) electrons. The molecule has 15 heavy (non-hydrogen) atoms. The Bertz CT molecular complexity index is 352. The van der Waals surface area contributed by atoms with Gasteiger partial charge in [-0.25, -0.2) is 5.01 Å². The molecule has 1 aromatic carbocycles. The molecule has 2 rings (SSSR count). The predicted octanol–water partition coefficient (Wildman–Crippen LogP) is 3.02. The van der Waals surface area contributed by atoms with Crippen molar-refractivity contribution in [1.82, 2.24) is 5.01 Å². The fourth-order valence-corrected chi connectivity index (χ4v) is 1.39. The number of benzene rings is 1. The van der Waals surface area contributed by atoms with Crippen LogP contribution in [0.15, 0.2) is 34.6 Å². The first-order valence-electron chi connectivity index (χ1n) is 4.77. The fraction of sp³-hybridized carbons (Fsp3) is 0.400. The molecule has 4 nitrogen and oxygen atoms in total. The lowest BCUT2D eigenvalue weighted by Crippen LogP contribution is -2.21. The summed E-state index contributed by atoms with van der Waals surface area (Å²) in [5.41, 5.74) is 0.790. The molecule has 1 aliphatic heterocycles. The lowest BCUT2D eigenvalue weighted by atomic mass is 10.3. The van der Waals surface area contributed by atoms with E-state index < -0.39 is 0 Å².